The molecule has 1 heterocycles. The second-order valence-electron chi connectivity index (χ2n) is 5.12. The van der Waals surface area contributed by atoms with Gasteiger partial charge in [0.05, 0.1) is 4.91 Å². The van der Waals surface area contributed by atoms with Gasteiger partial charge in [-0.05, 0) is 37.7 Å². The van der Waals surface area contributed by atoms with Crippen LogP contribution >= 0.6 is 24.0 Å². The van der Waals surface area contributed by atoms with Crippen molar-refractivity contribution in [1.82, 2.24) is 9.80 Å². The second kappa shape index (κ2) is 8.46. The molecule has 0 radical (unpaired) electrons. The quantitative estimate of drug-likeness (QED) is 0.561. The number of carbonyl (C=O) groups is 1. The maximum absolute atomic E-state index is 12.5. The Kier molecular flexibility index (Phi) is 6.61. The number of thiocarbonyl (C=S) groups is 1. The fourth-order valence-corrected chi connectivity index (χ4v) is 3.69. The van der Waals surface area contributed by atoms with Crippen molar-refractivity contribution < 1.29 is 4.79 Å². The van der Waals surface area contributed by atoms with Crippen LogP contribution < -0.4 is 0 Å². The highest BCUT2D eigenvalue weighted by atomic mass is 32.2. The first-order chi connectivity index (χ1) is 10.7. The standard InChI is InChI=1S/C17H22N2OS2/c1-3-18(4-2)11-8-12-19-16(20)15(22-17(19)21)13-14-9-6-5-7-10-14/h5-7,9-10,13H,3-4,8,11-12H2,1-2H3/b15-13-. The molecule has 0 aromatic heterocycles. The molecule has 1 amide bonds. The van der Waals surface area contributed by atoms with Gasteiger partial charge in [0.15, 0.2) is 0 Å². The Labute approximate surface area is 142 Å². The van der Waals surface area contributed by atoms with Crippen molar-refractivity contribution in [2.45, 2.75) is 20.3 Å². The van der Waals surface area contributed by atoms with Gasteiger partial charge in [-0.15, -0.1) is 0 Å². The van der Waals surface area contributed by atoms with Gasteiger partial charge in [-0.1, -0.05) is 68.2 Å². The molecule has 1 aliphatic rings. The summed E-state index contributed by atoms with van der Waals surface area (Å²) >= 11 is 6.76. The lowest BCUT2D eigenvalue weighted by Crippen LogP contribution is -2.32. The number of thioether (sulfide) groups is 1. The van der Waals surface area contributed by atoms with Crippen LogP contribution in [-0.4, -0.2) is 46.2 Å². The molecular weight excluding hydrogens is 312 g/mol. The zero-order valence-corrected chi connectivity index (χ0v) is 14.8. The largest absolute Gasteiger partial charge is 0.304 e. The van der Waals surface area contributed by atoms with E-state index in [-0.39, 0.29) is 5.91 Å². The summed E-state index contributed by atoms with van der Waals surface area (Å²) in [5.41, 5.74) is 1.03. The minimum atomic E-state index is 0.0402. The summed E-state index contributed by atoms with van der Waals surface area (Å²) in [5, 5.41) is 0. The van der Waals surface area contributed by atoms with Gasteiger partial charge in [0.2, 0.25) is 0 Å². The Morgan fingerprint density at radius 2 is 1.91 bits per heavy atom. The highest BCUT2D eigenvalue weighted by Crippen LogP contribution is 2.32. The number of carbonyl (C=O) groups excluding carboxylic acids is 1. The smallest absolute Gasteiger partial charge is 0.266 e. The van der Waals surface area contributed by atoms with Gasteiger partial charge in [-0.2, -0.15) is 0 Å². The van der Waals surface area contributed by atoms with E-state index in [4.69, 9.17) is 12.2 Å². The van der Waals surface area contributed by atoms with Crippen molar-refractivity contribution in [2.24, 2.45) is 0 Å². The van der Waals surface area contributed by atoms with Crippen LogP contribution in [0.1, 0.15) is 25.8 Å². The Morgan fingerprint density at radius 3 is 2.55 bits per heavy atom. The molecule has 1 saturated heterocycles. The summed E-state index contributed by atoms with van der Waals surface area (Å²) in [4.78, 5) is 17.3. The topological polar surface area (TPSA) is 23.6 Å². The molecule has 1 aromatic rings. The predicted molar refractivity (Wildman–Crippen MR) is 98.7 cm³/mol. The third kappa shape index (κ3) is 4.41. The molecule has 1 aliphatic heterocycles. The summed E-state index contributed by atoms with van der Waals surface area (Å²) in [6, 6.07) is 9.89. The lowest BCUT2D eigenvalue weighted by atomic mass is 10.2. The first-order valence-corrected chi connectivity index (χ1v) is 8.91. The van der Waals surface area contributed by atoms with Crippen LogP contribution in [0.4, 0.5) is 0 Å². The Bertz CT molecular complexity index is 553. The Hall–Kier alpha value is -1.17. The molecule has 0 N–H and O–H groups in total. The van der Waals surface area contributed by atoms with Gasteiger partial charge >= 0.3 is 0 Å². The van der Waals surface area contributed by atoms with E-state index in [1.807, 2.05) is 36.4 Å². The molecule has 2 rings (SSSR count). The minimum absolute atomic E-state index is 0.0402. The van der Waals surface area contributed by atoms with Crippen molar-refractivity contribution in [2.75, 3.05) is 26.2 Å². The van der Waals surface area contributed by atoms with Gasteiger partial charge in [-0.3, -0.25) is 9.69 Å². The summed E-state index contributed by atoms with van der Waals surface area (Å²) < 4.78 is 0.673. The Morgan fingerprint density at radius 1 is 1.23 bits per heavy atom. The monoisotopic (exact) mass is 334 g/mol. The number of amides is 1. The van der Waals surface area contributed by atoms with Crippen LogP contribution in [-0.2, 0) is 4.79 Å². The highest BCUT2D eigenvalue weighted by molar-refractivity contribution is 8.26. The Balaban J connectivity index is 1.96. The lowest BCUT2D eigenvalue weighted by molar-refractivity contribution is -0.122. The van der Waals surface area contributed by atoms with E-state index < -0.39 is 0 Å². The molecule has 1 fully saturated rings. The van der Waals surface area contributed by atoms with E-state index in [2.05, 4.69) is 18.7 Å². The van der Waals surface area contributed by atoms with E-state index in [9.17, 15) is 4.79 Å². The zero-order chi connectivity index (χ0) is 15.9. The van der Waals surface area contributed by atoms with Crippen molar-refractivity contribution in [3.05, 3.63) is 40.8 Å². The first kappa shape index (κ1) is 17.2. The molecule has 5 heteroatoms. The molecule has 0 atom stereocenters. The molecule has 1 aromatic carbocycles. The third-order valence-corrected chi connectivity index (χ3v) is 5.10. The minimum Gasteiger partial charge on any atom is -0.304 e. The van der Waals surface area contributed by atoms with Crippen molar-refractivity contribution in [3.63, 3.8) is 0 Å². The fourth-order valence-electron chi connectivity index (χ4n) is 2.39. The van der Waals surface area contributed by atoms with E-state index in [1.54, 1.807) is 4.90 Å². The maximum Gasteiger partial charge on any atom is 0.266 e. The first-order valence-electron chi connectivity index (χ1n) is 7.68. The number of nitrogens with zero attached hydrogens (tertiary/aromatic N) is 2. The molecular formula is C17H22N2OS2. The van der Waals surface area contributed by atoms with Gasteiger partial charge in [0.1, 0.15) is 4.32 Å². The van der Waals surface area contributed by atoms with Crippen molar-refractivity contribution >= 4 is 40.3 Å². The fraction of sp³-hybridized carbons (Fsp3) is 0.412. The molecule has 0 unspecified atom stereocenters. The van der Waals surface area contributed by atoms with Crippen LogP contribution in [0.3, 0.4) is 0 Å². The molecule has 3 nitrogen and oxygen atoms in total. The van der Waals surface area contributed by atoms with Crippen LogP contribution in [0.25, 0.3) is 6.08 Å². The average Bonchev–Trinajstić information content (AvgIpc) is 2.79. The zero-order valence-electron chi connectivity index (χ0n) is 13.1. The summed E-state index contributed by atoms with van der Waals surface area (Å²) in [7, 11) is 0. The molecule has 118 valence electrons. The summed E-state index contributed by atoms with van der Waals surface area (Å²) in [6.45, 7) is 8.11. The number of hydrogen-bond donors (Lipinski definition) is 0. The lowest BCUT2D eigenvalue weighted by Gasteiger charge is -2.20. The van der Waals surface area contributed by atoms with Crippen molar-refractivity contribution in [1.29, 1.82) is 0 Å². The SMILES string of the molecule is CCN(CC)CCCN1C(=O)/C(=C/c2ccccc2)SC1=S. The molecule has 22 heavy (non-hydrogen) atoms. The van der Waals surface area contributed by atoms with Crippen LogP contribution in [0.15, 0.2) is 35.2 Å². The van der Waals surface area contributed by atoms with Crippen LogP contribution in [0.5, 0.6) is 0 Å². The van der Waals surface area contributed by atoms with E-state index in [1.165, 1.54) is 11.8 Å². The van der Waals surface area contributed by atoms with Crippen LogP contribution in [0, 0.1) is 0 Å². The van der Waals surface area contributed by atoms with E-state index in [0.717, 1.165) is 36.5 Å². The number of rotatable bonds is 7. The third-order valence-electron chi connectivity index (χ3n) is 3.72. The van der Waals surface area contributed by atoms with Gasteiger partial charge in [0.25, 0.3) is 5.91 Å². The second-order valence-corrected chi connectivity index (χ2v) is 6.80. The maximum atomic E-state index is 12.5. The van der Waals surface area contributed by atoms with Gasteiger partial charge in [-0.25, -0.2) is 0 Å². The van der Waals surface area contributed by atoms with Gasteiger partial charge in [0, 0.05) is 6.54 Å². The van der Waals surface area contributed by atoms with Gasteiger partial charge < -0.3 is 4.90 Å². The van der Waals surface area contributed by atoms with E-state index >= 15 is 0 Å². The molecule has 0 saturated carbocycles. The normalized spacial score (nSPS) is 17.0. The van der Waals surface area contributed by atoms with E-state index in [0.29, 0.717) is 10.9 Å². The summed E-state index contributed by atoms with van der Waals surface area (Å²) in [5.74, 6) is 0.0402. The number of benzene rings is 1. The highest BCUT2D eigenvalue weighted by Gasteiger charge is 2.31. The predicted octanol–water partition coefficient (Wildman–Crippen LogP) is 3.62. The molecule has 0 bridgehead atoms. The van der Waals surface area contributed by atoms with Crippen molar-refractivity contribution in [3.8, 4) is 0 Å². The molecule has 0 spiro atoms. The van der Waals surface area contributed by atoms with Crippen LogP contribution in [0.2, 0.25) is 0 Å². The summed E-state index contributed by atoms with van der Waals surface area (Å²) in [6.07, 6.45) is 2.87. The number of hydrogen-bond acceptors (Lipinski definition) is 4. The average molecular weight is 335 g/mol. The molecule has 0 aliphatic carbocycles.